The summed E-state index contributed by atoms with van der Waals surface area (Å²) in [5.74, 6) is 1.17. The van der Waals surface area contributed by atoms with Crippen LogP contribution in [-0.2, 0) is 4.79 Å². The summed E-state index contributed by atoms with van der Waals surface area (Å²) < 4.78 is 0. The van der Waals surface area contributed by atoms with Gasteiger partial charge in [0.15, 0.2) is 0 Å². The zero-order valence-electron chi connectivity index (χ0n) is 9.90. The molecule has 0 spiro atoms. The topological polar surface area (TPSA) is 54.0 Å². The van der Waals surface area contributed by atoms with Crippen molar-refractivity contribution >= 4 is 24.1 Å². The molecule has 17 heavy (non-hydrogen) atoms. The average Bonchev–Trinajstić information content (AvgIpc) is 2.30. The lowest BCUT2D eigenvalue weighted by molar-refractivity contribution is -0.114. The highest BCUT2D eigenvalue weighted by Crippen LogP contribution is 2.29. The van der Waals surface area contributed by atoms with Crippen LogP contribution in [0.15, 0.2) is 18.3 Å². The van der Waals surface area contributed by atoms with Gasteiger partial charge >= 0.3 is 0 Å². The van der Waals surface area contributed by atoms with Gasteiger partial charge in [-0.15, -0.1) is 12.4 Å². The van der Waals surface area contributed by atoms with Crippen LogP contribution in [0.25, 0.3) is 0 Å². The van der Waals surface area contributed by atoms with Crippen LogP contribution in [-0.4, -0.2) is 24.0 Å². The van der Waals surface area contributed by atoms with E-state index >= 15 is 0 Å². The monoisotopic (exact) mass is 255 g/mol. The zero-order valence-corrected chi connectivity index (χ0v) is 10.7. The molecule has 2 heterocycles. The lowest BCUT2D eigenvalue weighted by atomic mass is 9.90. The number of carbonyl (C=O) groups is 1. The Hall–Kier alpha value is -1.13. The number of piperidine rings is 1. The van der Waals surface area contributed by atoms with Crippen molar-refractivity contribution in [2.75, 3.05) is 18.4 Å². The van der Waals surface area contributed by atoms with E-state index in [-0.39, 0.29) is 18.3 Å². The third-order valence-electron chi connectivity index (χ3n) is 2.91. The first-order valence-corrected chi connectivity index (χ1v) is 5.70. The first-order valence-electron chi connectivity index (χ1n) is 5.70. The Kier molecular flexibility index (Phi) is 5.38. The van der Waals surface area contributed by atoms with Crippen molar-refractivity contribution in [3.05, 3.63) is 23.9 Å². The molecule has 0 radical (unpaired) electrons. The quantitative estimate of drug-likeness (QED) is 0.849. The fourth-order valence-corrected chi connectivity index (χ4v) is 2.15. The molecule has 1 aromatic heterocycles. The van der Waals surface area contributed by atoms with E-state index in [1.807, 2.05) is 6.07 Å². The fourth-order valence-electron chi connectivity index (χ4n) is 2.15. The Balaban J connectivity index is 0.00000144. The van der Waals surface area contributed by atoms with E-state index in [1.165, 1.54) is 12.5 Å². The van der Waals surface area contributed by atoms with Crippen LogP contribution in [0.3, 0.4) is 0 Å². The van der Waals surface area contributed by atoms with Gasteiger partial charge in [0.1, 0.15) is 5.82 Å². The number of anilines is 1. The molecular weight excluding hydrogens is 238 g/mol. The van der Waals surface area contributed by atoms with Crippen LogP contribution < -0.4 is 10.6 Å². The number of aromatic nitrogens is 1. The van der Waals surface area contributed by atoms with E-state index in [2.05, 4.69) is 21.7 Å². The van der Waals surface area contributed by atoms with Crippen molar-refractivity contribution in [3.8, 4) is 0 Å². The van der Waals surface area contributed by atoms with E-state index in [0.717, 1.165) is 31.7 Å². The number of carbonyl (C=O) groups excluding carboxylic acids is 1. The highest BCUT2D eigenvalue weighted by Gasteiger charge is 2.18. The van der Waals surface area contributed by atoms with Crippen LogP contribution in [0.1, 0.15) is 31.2 Å². The Bertz CT molecular complexity index is 378. The standard InChI is InChI=1S/C12H17N3O.ClH/c1-9(16)15-12-11(3-2-6-14-12)10-4-7-13-8-5-10;/h2-3,6,10,13H,4-5,7-8H2,1H3,(H,14,15,16);1H. The van der Waals surface area contributed by atoms with Gasteiger partial charge in [0.2, 0.25) is 5.91 Å². The van der Waals surface area contributed by atoms with Gasteiger partial charge in [-0.3, -0.25) is 4.79 Å². The fraction of sp³-hybridized carbons (Fsp3) is 0.500. The molecule has 5 heteroatoms. The summed E-state index contributed by atoms with van der Waals surface area (Å²) in [5, 5.41) is 6.14. The smallest absolute Gasteiger partial charge is 0.222 e. The Morgan fingerprint density at radius 1 is 1.47 bits per heavy atom. The summed E-state index contributed by atoms with van der Waals surface area (Å²) in [6.07, 6.45) is 3.94. The third kappa shape index (κ3) is 3.68. The number of nitrogens with zero attached hydrogens (tertiary/aromatic N) is 1. The molecule has 1 aliphatic rings. The second-order valence-electron chi connectivity index (χ2n) is 4.15. The molecule has 4 nitrogen and oxygen atoms in total. The van der Waals surface area contributed by atoms with Crippen molar-refractivity contribution < 1.29 is 4.79 Å². The van der Waals surface area contributed by atoms with Gasteiger partial charge in [-0.1, -0.05) is 6.07 Å². The summed E-state index contributed by atoms with van der Waals surface area (Å²) in [6.45, 7) is 3.60. The maximum atomic E-state index is 11.1. The second-order valence-corrected chi connectivity index (χ2v) is 4.15. The first-order chi connectivity index (χ1) is 7.77. The van der Waals surface area contributed by atoms with Gasteiger partial charge in [0.05, 0.1) is 0 Å². The van der Waals surface area contributed by atoms with Crippen molar-refractivity contribution in [2.45, 2.75) is 25.7 Å². The van der Waals surface area contributed by atoms with Crippen molar-refractivity contribution in [2.24, 2.45) is 0 Å². The van der Waals surface area contributed by atoms with Crippen LogP contribution in [0, 0.1) is 0 Å². The number of hydrogen-bond acceptors (Lipinski definition) is 3. The van der Waals surface area contributed by atoms with Gasteiger partial charge < -0.3 is 10.6 Å². The zero-order chi connectivity index (χ0) is 11.4. The SMILES string of the molecule is CC(=O)Nc1ncccc1C1CCNCC1.Cl. The van der Waals surface area contributed by atoms with Crippen molar-refractivity contribution in [3.63, 3.8) is 0 Å². The third-order valence-corrected chi connectivity index (χ3v) is 2.91. The van der Waals surface area contributed by atoms with Crippen LogP contribution in [0.4, 0.5) is 5.82 Å². The summed E-state index contributed by atoms with van der Waals surface area (Å²) in [4.78, 5) is 15.3. The van der Waals surface area contributed by atoms with Crippen molar-refractivity contribution in [1.82, 2.24) is 10.3 Å². The predicted octanol–water partition coefficient (Wildman–Crippen LogP) is 1.93. The Morgan fingerprint density at radius 3 is 2.82 bits per heavy atom. The molecular formula is C12H18ClN3O. The van der Waals surface area contributed by atoms with Crippen molar-refractivity contribution in [1.29, 1.82) is 0 Å². The van der Waals surface area contributed by atoms with E-state index in [0.29, 0.717) is 5.92 Å². The molecule has 2 rings (SSSR count). The molecule has 0 aromatic carbocycles. The molecule has 1 saturated heterocycles. The molecule has 0 atom stereocenters. The number of hydrogen-bond donors (Lipinski definition) is 2. The van der Waals surface area contributed by atoms with Gasteiger partial charge in [-0.2, -0.15) is 0 Å². The molecule has 1 aliphatic heterocycles. The maximum Gasteiger partial charge on any atom is 0.222 e. The van der Waals surface area contributed by atoms with E-state index < -0.39 is 0 Å². The highest BCUT2D eigenvalue weighted by molar-refractivity contribution is 5.88. The maximum absolute atomic E-state index is 11.1. The summed E-state index contributed by atoms with van der Waals surface area (Å²) in [5.41, 5.74) is 1.17. The number of rotatable bonds is 2. The van der Waals surface area contributed by atoms with E-state index in [1.54, 1.807) is 6.20 Å². The second kappa shape index (κ2) is 6.57. The lowest BCUT2D eigenvalue weighted by Gasteiger charge is -2.24. The number of nitrogens with one attached hydrogen (secondary N) is 2. The van der Waals surface area contributed by atoms with Gasteiger partial charge in [-0.25, -0.2) is 4.98 Å². The molecule has 0 aliphatic carbocycles. The summed E-state index contributed by atoms with van der Waals surface area (Å²) in [7, 11) is 0. The minimum Gasteiger partial charge on any atom is -0.317 e. The van der Waals surface area contributed by atoms with Gasteiger partial charge in [-0.05, 0) is 43.5 Å². The van der Waals surface area contributed by atoms with Crippen LogP contribution in [0.2, 0.25) is 0 Å². The molecule has 94 valence electrons. The molecule has 0 saturated carbocycles. The van der Waals surface area contributed by atoms with Crippen LogP contribution >= 0.6 is 12.4 Å². The molecule has 1 fully saturated rings. The number of halogens is 1. The van der Waals surface area contributed by atoms with Crippen LogP contribution in [0.5, 0.6) is 0 Å². The minimum absolute atomic E-state index is 0. The highest BCUT2D eigenvalue weighted by atomic mass is 35.5. The van der Waals surface area contributed by atoms with E-state index in [9.17, 15) is 4.79 Å². The molecule has 1 aromatic rings. The van der Waals surface area contributed by atoms with Gasteiger partial charge in [0, 0.05) is 13.1 Å². The summed E-state index contributed by atoms with van der Waals surface area (Å²) in [6, 6.07) is 4.00. The molecule has 0 unspecified atom stereocenters. The molecule has 1 amide bonds. The minimum atomic E-state index is -0.0612. The lowest BCUT2D eigenvalue weighted by Crippen LogP contribution is -2.27. The largest absolute Gasteiger partial charge is 0.317 e. The molecule has 0 bridgehead atoms. The average molecular weight is 256 g/mol. The predicted molar refractivity (Wildman–Crippen MR) is 70.6 cm³/mol. The Labute approximate surface area is 108 Å². The van der Waals surface area contributed by atoms with Gasteiger partial charge in [0.25, 0.3) is 0 Å². The summed E-state index contributed by atoms with van der Waals surface area (Å²) >= 11 is 0. The Morgan fingerprint density at radius 2 is 2.18 bits per heavy atom. The number of amides is 1. The number of pyridine rings is 1. The first kappa shape index (κ1) is 13.9. The normalized spacial score (nSPS) is 16.1. The molecule has 2 N–H and O–H groups in total. The van der Waals surface area contributed by atoms with E-state index in [4.69, 9.17) is 0 Å².